The number of hydrogen-bond acceptors (Lipinski definition) is 3. The molecule has 0 aromatic carbocycles. The van der Waals surface area contributed by atoms with Crippen molar-refractivity contribution >= 4 is 8.38 Å². The highest BCUT2D eigenvalue weighted by atomic mass is 31.2. The Morgan fingerprint density at radius 1 is 1.00 bits per heavy atom. The first-order valence-corrected chi connectivity index (χ1v) is 5.60. The second-order valence-corrected chi connectivity index (χ2v) is 4.07. The van der Waals surface area contributed by atoms with Crippen molar-refractivity contribution in [3.05, 3.63) is 0 Å². The third kappa shape index (κ3) is 4.02. The summed E-state index contributed by atoms with van der Waals surface area (Å²) in [6.07, 6.45) is 5.50. The molecule has 2 N–H and O–H groups in total. The molecular formula is C7H16NO2P. The number of likely N-dealkylation sites (tertiary alicyclic amines) is 1. The highest BCUT2D eigenvalue weighted by Gasteiger charge is 2.11. The molecule has 0 spiro atoms. The van der Waals surface area contributed by atoms with E-state index in [0.29, 0.717) is 6.29 Å². The van der Waals surface area contributed by atoms with Gasteiger partial charge in [0.25, 0.3) is 0 Å². The van der Waals surface area contributed by atoms with Gasteiger partial charge in [0.05, 0.1) is 6.29 Å². The first-order chi connectivity index (χ1) is 5.29. The van der Waals surface area contributed by atoms with Gasteiger partial charge in [0.2, 0.25) is 0 Å². The molecule has 0 aromatic rings. The Labute approximate surface area is 68.9 Å². The summed E-state index contributed by atoms with van der Waals surface area (Å²) >= 11 is 0. The average Bonchev–Trinajstić information content (AvgIpc) is 2.14. The molecule has 1 aliphatic heterocycles. The van der Waals surface area contributed by atoms with Gasteiger partial charge in [0, 0.05) is 0 Å². The van der Waals surface area contributed by atoms with Gasteiger partial charge in [-0.25, -0.2) is 0 Å². The van der Waals surface area contributed by atoms with Gasteiger partial charge in [-0.1, -0.05) is 12.8 Å². The van der Waals surface area contributed by atoms with E-state index < -0.39 is 8.38 Å². The van der Waals surface area contributed by atoms with E-state index in [2.05, 4.69) is 4.90 Å². The number of hydrogen-bond donors (Lipinski definition) is 2. The largest absolute Gasteiger partial charge is 0.349 e. The zero-order chi connectivity index (χ0) is 8.10. The summed E-state index contributed by atoms with van der Waals surface area (Å²) in [5, 5.41) is 0. The van der Waals surface area contributed by atoms with Crippen LogP contribution in [0.4, 0.5) is 0 Å². The van der Waals surface area contributed by atoms with Crippen LogP contribution in [0, 0.1) is 0 Å². The van der Waals surface area contributed by atoms with E-state index in [4.69, 9.17) is 9.79 Å². The highest BCUT2D eigenvalue weighted by Crippen LogP contribution is 2.25. The molecule has 0 aliphatic carbocycles. The van der Waals surface area contributed by atoms with Crippen molar-refractivity contribution < 1.29 is 9.79 Å². The fourth-order valence-electron chi connectivity index (χ4n) is 1.46. The van der Waals surface area contributed by atoms with Gasteiger partial charge in [-0.15, -0.1) is 0 Å². The smallest absolute Gasteiger partial charge is 0.180 e. The van der Waals surface area contributed by atoms with Crippen LogP contribution in [0.3, 0.4) is 0 Å². The van der Waals surface area contributed by atoms with Gasteiger partial charge in [-0.3, -0.25) is 4.90 Å². The zero-order valence-corrected chi connectivity index (χ0v) is 7.63. The molecule has 0 saturated carbocycles. The van der Waals surface area contributed by atoms with Crippen molar-refractivity contribution in [2.75, 3.05) is 19.4 Å². The molecule has 0 aromatic heterocycles. The van der Waals surface area contributed by atoms with Crippen LogP contribution in [0.1, 0.15) is 25.7 Å². The summed E-state index contributed by atoms with van der Waals surface area (Å²) in [7, 11) is -1.71. The van der Waals surface area contributed by atoms with Crippen molar-refractivity contribution in [3.8, 4) is 0 Å². The molecule has 0 radical (unpaired) electrons. The predicted octanol–water partition coefficient (Wildman–Crippen LogP) is 1.12. The average molecular weight is 177 g/mol. The normalized spacial score (nSPS) is 22.1. The van der Waals surface area contributed by atoms with Crippen molar-refractivity contribution in [3.63, 3.8) is 0 Å². The van der Waals surface area contributed by atoms with E-state index in [-0.39, 0.29) is 0 Å². The van der Waals surface area contributed by atoms with Crippen molar-refractivity contribution in [2.45, 2.75) is 25.7 Å². The van der Waals surface area contributed by atoms with Crippen LogP contribution in [-0.4, -0.2) is 34.1 Å². The van der Waals surface area contributed by atoms with Crippen molar-refractivity contribution in [2.24, 2.45) is 0 Å². The molecule has 4 heteroatoms. The van der Waals surface area contributed by atoms with Gasteiger partial charge >= 0.3 is 0 Å². The molecule has 1 heterocycles. The van der Waals surface area contributed by atoms with E-state index in [9.17, 15) is 0 Å². The number of rotatable bonds is 2. The second kappa shape index (κ2) is 5.04. The lowest BCUT2D eigenvalue weighted by Crippen LogP contribution is -2.24. The van der Waals surface area contributed by atoms with Crippen LogP contribution in [0.5, 0.6) is 0 Å². The molecule has 1 saturated heterocycles. The lowest BCUT2D eigenvalue weighted by Gasteiger charge is -2.19. The maximum atomic E-state index is 8.78. The first kappa shape index (κ1) is 9.40. The standard InChI is InChI=1S/C7H16NO2P/c9-11(10)7-8-5-3-1-2-4-6-8/h9-10H,1-7H2. The van der Waals surface area contributed by atoms with Gasteiger partial charge < -0.3 is 9.79 Å². The molecule has 0 atom stereocenters. The Morgan fingerprint density at radius 3 is 2.00 bits per heavy atom. The topological polar surface area (TPSA) is 43.7 Å². The Bertz CT molecular complexity index is 103. The summed E-state index contributed by atoms with van der Waals surface area (Å²) < 4.78 is 0. The fraction of sp³-hybridized carbons (Fsp3) is 1.00. The lowest BCUT2D eigenvalue weighted by molar-refractivity contribution is 0.311. The summed E-state index contributed by atoms with van der Waals surface area (Å²) in [4.78, 5) is 19.7. The Balaban J connectivity index is 2.20. The van der Waals surface area contributed by atoms with E-state index in [1.807, 2.05) is 0 Å². The summed E-state index contributed by atoms with van der Waals surface area (Å²) in [6.45, 7) is 2.08. The minimum atomic E-state index is -1.71. The fourth-order valence-corrected chi connectivity index (χ4v) is 2.10. The Hall–Kier alpha value is 0.310. The molecule has 3 nitrogen and oxygen atoms in total. The van der Waals surface area contributed by atoms with Crippen molar-refractivity contribution in [1.82, 2.24) is 4.90 Å². The van der Waals surface area contributed by atoms with E-state index in [1.54, 1.807) is 0 Å². The molecule has 66 valence electrons. The second-order valence-electron chi connectivity index (χ2n) is 3.05. The highest BCUT2D eigenvalue weighted by molar-refractivity contribution is 7.44. The van der Waals surface area contributed by atoms with E-state index in [0.717, 1.165) is 13.1 Å². The summed E-state index contributed by atoms with van der Waals surface area (Å²) in [6, 6.07) is 0. The predicted molar refractivity (Wildman–Crippen MR) is 46.3 cm³/mol. The lowest BCUT2D eigenvalue weighted by atomic mass is 10.2. The van der Waals surface area contributed by atoms with Crippen LogP contribution < -0.4 is 0 Å². The Morgan fingerprint density at radius 2 is 1.55 bits per heavy atom. The van der Waals surface area contributed by atoms with Crippen LogP contribution in [-0.2, 0) is 0 Å². The summed E-state index contributed by atoms with van der Waals surface area (Å²) in [5.74, 6) is 0. The zero-order valence-electron chi connectivity index (χ0n) is 6.74. The minimum absolute atomic E-state index is 0.481. The monoisotopic (exact) mass is 177 g/mol. The molecule has 0 amide bonds. The molecule has 1 aliphatic rings. The maximum absolute atomic E-state index is 8.78. The van der Waals surface area contributed by atoms with Crippen LogP contribution in [0.25, 0.3) is 0 Å². The quantitative estimate of drug-likeness (QED) is 0.621. The molecular weight excluding hydrogens is 161 g/mol. The minimum Gasteiger partial charge on any atom is -0.349 e. The maximum Gasteiger partial charge on any atom is 0.180 e. The number of nitrogens with zero attached hydrogens (tertiary/aromatic N) is 1. The van der Waals surface area contributed by atoms with Gasteiger partial charge in [0.1, 0.15) is 0 Å². The van der Waals surface area contributed by atoms with Gasteiger partial charge in [0.15, 0.2) is 8.38 Å². The van der Waals surface area contributed by atoms with Gasteiger partial charge in [-0.05, 0) is 25.9 Å². The van der Waals surface area contributed by atoms with E-state index >= 15 is 0 Å². The molecule has 1 fully saturated rings. The SMILES string of the molecule is OP(O)CN1CCCCCC1. The van der Waals surface area contributed by atoms with Crippen molar-refractivity contribution in [1.29, 1.82) is 0 Å². The van der Waals surface area contributed by atoms with Crippen LogP contribution >= 0.6 is 8.38 Å². The molecule has 11 heavy (non-hydrogen) atoms. The molecule has 1 rings (SSSR count). The van der Waals surface area contributed by atoms with Crippen LogP contribution in [0.15, 0.2) is 0 Å². The third-order valence-electron chi connectivity index (χ3n) is 2.03. The van der Waals surface area contributed by atoms with E-state index in [1.165, 1.54) is 25.7 Å². The molecule has 0 unspecified atom stereocenters. The first-order valence-electron chi connectivity index (χ1n) is 4.16. The third-order valence-corrected chi connectivity index (χ3v) is 2.68. The van der Waals surface area contributed by atoms with Gasteiger partial charge in [-0.2, -0.15) is 0 Å². The summed E-state index contributed by atoms with van der Waals surface area (Å²) in [5.41, 5.74) is 0. The Kier molecular flexibility index (Phi) is 4.31. The molecule has 0 bridgehead atoms. The van der Waals surface area contributed by atoms with Crippen LogP contribution in [0.2, 0.25) is 0 Å².